The SMILES string of the molecule is [C-]#[N+]C1=C[C@]2(C)C3=CC(=O)[C@@H]4[C@@H]5CC(C)(C)CC[C@]5(NS(C)(=O)=O)CC[C@@]4(C)[C@]3(C)CC[C@H]2[C@H](C)C1=O. The topological polar surface area (TPSA) is 84.7 Å². The van der Waals surface area contributed by atoms with Crippen molar-refractivity contribution in [3.8, 4) is 0 Å². The molecule has 8 atom stereocenters. The predicted octanol–water partition coefficient (Wildman–Crippen LogP) is 5.47. The van der Waals surface area contributed by atoms with Gasteiger partial charge >= 0.3 is 0 Å². The number of Topliss-reactive ketones (excluding diaryl/α,β-unsaturated/α-hetero) is 1. The van der Waals surface area contributed by atoms with Crippen molar-refractivity contribution >= 4 is 21.6 Å². The molecule has 0 saturated heterocycles. The van der Waals surface area contributed by atoms with E-state index in [9.17, 15) is 18.0 Å². The Bertz CT molecular complexity index is 1290. The molecule has 5 aliphatic rings. The van der Waals surface area contributed by atoms with Crippen molar-refractivity contribution in [2.24, 2.45) is 45.3 Å². The molecule has 3 saturated carbocycles. The van der Waals surface area contributed by atoms with E-state index >= 15 is 0 Å². The Kier molecular flexibility index (Phi) is 5.71. The van der Waals surface area contributed by atoms with Crippen LogP contribution in [0.1, 0.15) is 86.5 Å². The van der Waals surface area contributed by atoms with Crippen molar-refractivity contribution in [2.75, 3.05) is 6.26 Å². The van der Waals surface area contributed by atoms with Crippen LogP contribution in [-0.4, -0.2) is 31.8 Å². The molecule has 0 amide bonds. The molecule has 0 bridgehead atoms. The smallest absolute Gasteiger partial charge is 0.226 e. The summed E-state index contributed by atoms with van der Waals surface area (Å²) in [6.07, 6.45) is 10.7. The van der Waals surface area contributed by atoms with E-state index < -0.39 is 21.0 Å². The highest BCUT2D eigenvalue weighted by Crippen LogP contribution is 2.72. The molecule has 1 N–H and O–H groups in total. The summed E-state index contributed by atoms with van der Waals surface area (Å²) in [4.78, 5) is 30.8. The maximum Gasteiger partial charge on any atom is 0.226 e. The average molecular weight is 527 g/mol. The van der Waals surface area contributed by atoms with Gasteiger partial charge in [-0.1, -0.05) is 53.2 Å². The van der Waals surface area contributed by atoms with E-state index in [4.69, 9.17) is 6.57 Å². The molecule has 0 spiro atoms. The van der Waals surface area contributed by atoms with Crippen LogP contribution in [-0.2, 0) is 19.6 Å². The van der Waals surface area contributed by atoms with Gasteiger partial charge in [0.1, 0.15) is 0 Å². The minimum Gasteiger partial charge on any atom is -0.308 e. The molecule has 3 fully saturated rings. The molecule has 202 valence electrons. The Labute approximate surface area is 222 Å². The lowest BCUT2D eigenvalue weighted by Crippen LogP contribution is -2.69. The minimum absolute atomic E-state index is 0.0346. The van der Waals surface area contributed by atoms with Crippen LogP contribution in [0.2, 0.25) is 0 Å². The fourth-order valence-corrected chi connectivity index (χ4v) is 10.9. The second kappa shape index (κ2) is 7.88. The van der Waals surface area contributed by atoms with Crippen molar-refractivity contribution < 1.29 is 18.0 Å². The summed E-state index contributed by atoms with van der Waals surface area (Å²) in [5, 5.41) is 0. The molecule has 0 radical (unpaired) electrons. The normalized spacial score (nSPS) is 46.9. The third-order valence-corrected chi connectivity index (χ3v) is 12.7. The largest absolute Gasteiger partial charge is 0.308 e. The summed E-state index contributed by atoms with van der Waals surface area (Å²) in [6.45, 7) is 20.8. The van der Waals surface area contributed by atoms with Crippen molar-refractivity contribution in [1.82, 2.24) is 4.72 Å². The van der Waals surface area contributed by atoms with Crippen molar-refractivity contribution in [3.05, 3.63) is 34.8 Å². The first-order chi connectivity index (χ1) is 16.9. The molecule has 0 aromatic carbocycles. The van der Waals surface area contributed by atoms with Crippen LogP contribution in [0.5, 0.6) is 0 Å². The zero-order chi connectivity index (χ0) is 27.4. The van der Waals surface area contributed by atoms with E-state index in [2.05, 4.69) is 44.2 Å². The first-order valence-corrected chi connectivity index (χ1v) is 15.7. The van der Waals surface area contributed by atoms with Crippen LogP contribution < -0.4 is 4.72 Å². The van der Waals surface area contributed by atoms with E-state index in [1.807, 2.05) is 19.1 Å². The molecule has 0 aromatic heterocycles. The zero-order valence-electron chi connectivity index (χ0n) is 23.4. The standard InChI is InChI=1S/C30H42N2O4S/c1-18-19-9-10-28(5)23(27(19,4)17-21(31-7)25(18)34)15-22(33)24-20-16-26(2,3)11-13-30(20,32-37(8,35)36)14-12-29(24,28)6/h15,17-20,24,32H,9-14,16H2,1-6,8H3/t18-,19-,20-,24-,27-,28+,29+,30-/m0/s1. The Morgan fingerprint density at radius 3 is 2.27 bits per heavy atom. The van der Waals surface area contributed by atoms with E-state index in [1.54, 1.807) is 0 Å². The highest BCUT2D eigenvalue weighted by atomic mass is 32.2. The number of hydrogen-bond donors (Lipinski definition) is 1. The lowest BCUT2D eigenvalue weighted by Gasteiger charge is -2.68. The van der Waals surface area contributed by atoms with Gasteiger partial charge in [0.05, 0.1) is 12.8 Å². The Morgan fingerprint density at radius 1 is 1.00 bits per heavy atom. The summed E-state index contributed by atoms with van der Waals surface area (Å²) < 4.78 is 28.2. The van der Waals surface area contributed by atoms with Gasteiger partial charge in [-0.3, -0.25) is 4.79 Å². The second-order valence-electron chi connectivity index (χ2n) is 14.4. The molecule has 5 aliphatic carbocycles. The van der Waals surface area contributed by atoms with Crippen LogP contribution in [0.15, 0.2) is 23.4 Å². The Morgan fingerprint density at radius 2 is 1.65 bits per heavy atom. The van der Waals surface area contributed by atoms with Crippen LogP contribution in [0.3, 0.4) is 0 Å². The quantitative estimate of drug-likeness (QED) is 0.484. The van der Waals surface area contributed by atoms with Gasteiger partial charge in [0.15, 0.2) is 11.6 Å². The molecule has 6 nitrogen and oxygen atoms in total. The summed E-state index contributed by atoms with van der Waals surface area (Å²) in [7, 11) is -3.44. The number of hydrogen-bond acceptors (Lipinski definition) is 4. The van der Waals surface area contributed by atoms with E-state index in [1.165, 1.54) is 6.26 Å². The number of rotatable bonds is 2. The molecule has 0 unspecified atom stereocenters. The van der Waals surface area contributed by atoms with Crippen molar-refractivity contribution in [2.45, 2.75) is 92.0 Å². The van der Waals surface area contributed by atoms with Gasteiger partial charge in [-0.05, 0) is 79.1 Å². The number of carbonyl (C=O) groups is 2. The number of ketones is 2. The van der Waals surface area contributed by atoms with Crippen LogP contribution >= 0.6 is 0 Å². The molecule has 7 heteroatoms. The number of carbonyl (C=O) groups excluding carboxylic acids is 2. The maximum absolute atomic E-state index is 14.3. The summed E-state index contributed by atoms with van der Waals surface area (Å²) >= 11 is 0. The maximum atomic E-state index is 14.3. The van der Waals surface area contributed by atoms with Gasteiger partial charge in [0, 0.05) is 22.8 Å². The highest BCUT2D eigenvalue weighted by Gasteiger charge is 2.69. The molecular weight excluding hydrogens is 484 g/mol. The van der Waals surface area contributed by atoms with Gasteiger partial charge in [-0.25, -0.2) is 18.0 Å². The predicted molar refractivity (Wildman–Crippen MR) is 144 cm³/mol. The number of nitrogens with zero attached hydrogens (tertiary/aromatic N) is 1. The van der Waals surface area contributed by atoms with Gasteiger partial charge in [-0.15, -0.1) is 0 Å². The summed E-state index contributed by atoms with van der Waals surface area (Å²) in [5.41, 5.74) is -0.403. The molecular formula is C30H42N2O4S. The Hall–Kier alpha value is -1.78. The molecule has 0 heterocycles. The third-order valence-electron chi connectivity index (χ3n) is 11.9. The lowest BCUT2D eigenvalue weighted by atomic mass is 9.36. The first kappa shape index (κ1) is 26.8. The van der Waals surface area contributed by atoms with E-state index in [0.717, 1.165) is 50.5 Å². The van der Waals surface area contributed by atoms with Gasteiger partial charge in [0.25, 0.3) is 0 Å². The van der Waals surface area contributed by atoms with Crippen molar-refractivity contribution in [3.63, 3.8) is 0 Å². The second-order valence-corrected chi connectivity index (χ2v) is 16.2. The zero-order valence-corrected chi connectivity index (χ0v) is 24.2. The summed E-state index contributed by atoms with van der Waals surface area (Å²) in [5.74, 6) is -0.495. The van der Waals surface area contributed by atoms with E-state index in [0.29, 0.717) is 0 Å². The first-order valence-electron chi connectivity index (χ1n) is 13.8. The highest BCUT2D eigenvalue weighted by molar-refractivity contribution is 7.88. The van der Waals surface area contributed by atoms with Gasteiger partial charge in [0.2, 0.25) is 15.7 Å². The number of sulfonamides is 1. The average Bonchev–Trinajstić information content (AvgIpc) is 2.78. The molecule has 5 rings (SSSR count). The van der Waals surface area contributed by atoms with Crippen LogP contribution in [0.4, 0.5) is 0 Å². The number of allylic oxidation sites excluding steroid dienone is 4. The molecule has 0 aromatic rings. The number of nitrogens with one attached hydrogen (secondary N) is 1. The molecule has 37 heavy (non-hydrogen) atoms. The Balaban J connectivity index is 1.68. The van der Waals surface area contributed by atoms with Crippen molar-refractivity contribution in [1.29, 1.82) is 0 Å². The molecule has 0 aliphatic heterocycles. The van der Waals surface area contributed by atoms with Gasteiger partial charge in [-0.2, -0.15) is 0 Å². The lowest BCUT2D eigenvalue weighted by molar-refractivity contribution is -0.157. The monoisotopic (exact) mass is 526 g/mol. The fraction of sp³-hybridized carbons (Fsp3) is 0.767. The van der Waals surface area contributed by atoms with E-state index in [-0.39, 0.29) is 57.2 Å². The van der Waals surface area contributed by atoms with Crippen LogP contribution in [0.25, 0.3) is 4.85 Å². The van der Waals surface area contributed by atoms with Crippen LogP contribution in [0, 0.1) is 51.9 Å². The van der Waals surface area contributed by atoms with Gasteiger partial charge < -0.3 is 4.79 Å². The number of fused-ring (bicyclic) bond motifs is 7. The minimum atomic E-state index is -3.44. The fourth-order valence-electron chi connectivity index (χ4n) is 9.77. The third kappa shape index (κ3) is 3.61. The summed E-state index contributed by atoms with van der Waals surface area (Å²) in [6, 6.07) is 0.